The number of halogens is 1. The second-order valence-corrected chi connectivity index (χ2v) is 6.89. The summed E-state index contributed by atoms with van der Waals surface area (Å²) in [6, 6.07) is 17.1. The summed E-state index contributed by atoms with van der Waals surface area (Å²) in [5.41, 5.74) is 2.21. The van der Waals surface area contributed by atoms with Gasteiger partial charge >= 0.3 is 5.97 Å². The summed E-state index contributed by atoms with van der Waals surface area (Å²) < 4.78 is 6.79. The third kappa shape index (κ3) is 5.68. The molecule has 29 heavy (non-hydrogen) atoms. The number of aromatic nitrogens is 2. The molecule has 1 amide bonds. The van der Waals surface area contributed by atoms with Gasteiger partial charge in [0.2, 0.25) is 0 Å². The molecule has 0 aliphatic rings. The number of hydrogen-bond acceptors (Lipinski definition) is 4. The summed E-state index contributed by atoms with van der Waals surface area (Å²) in [5.74, 6) is -0.826. The Bertz CT molecular complexity index is 972. The monoisotopic (exact) mass is 411 g/mol. The molecule has 1 heterocycles. The predicted molar refractivity (Wildman–Crippen MR) is 111 cm³/mol. The van der Waals surface area contributed by atoms with Crippen LogP contribution in [0.2, 0.25) is 5.02 Å². The van der Waals surface area contributed by atoms with Gasteiger partial charge in [0, 0.05) is 24.3 Å². The zero-order valence-electron chi connectivity index (χ0n) is 16.1. The zero-order chi connectivity index (χ0) is 20.6. The van der Waals surface area contributed by atoms with Crippen LogP contribution in [0.1, 0.15) is 28.4 Å². The summed E-state index contributed by atoms with van der Waals surface area (Å²) in [7, 11) is 0. The maximum absolute atomic E-state index is 12.4. The van der Waals surface area contributed by atoms with Gasteiger partial charge in [0.1, 0.15) is 0 Å². The molecule has 0 aliphatic carbocycles. The number of amides is 1. The van der Waals surface area contributed by atoms with E-state index >= 15 is 0 Å². The molecule has 3 aromatic rings. The van der Waals surface area contributed by atoms with Crippen LogP contribution in [0.5, 0.6) is 0 Å². The van der Waals surface area contributed by atoms with E-state index in [1.54, 1.807) is 21.8 Å². The fourth-order valence-corrected chi connectivity index (χ4v) is 3.03. The van der Waals surface area contributed by atoms with Crippen LogP contribution in [-0.4, -0.2) is 39.7 Å². The Labute approximate surface area is 174 Å². The van der Waals surface area contributed by atoms with Crippen molar-refractivity contribution in [2.45, 2.75) is 20.0 Å². The van der Waals surface area contributed by atoms with Crippen molar-refractivity contribution in [1.82, 2.24) is 14.7 Å². The van der Waals surface area contributed by atoms with Crippen LogP contribution < -0.4 is 0 Å². The quantitative estimate of drug-likeness (QED) is 0.529. The molecule has 2 aromatic carbocycles. The number of ether oxygens (including phenoxy) is 1. The molecular weight excluding hydrogens is 390 g/mol. The van der Waals surface area contributed by atoms with Gasteiger partial charge < -0.3 is 9.64 Å². The van der Waals surface area contributed by atoms with Crippen molar-refractivity contribution in [3.63, 3.8) is 0 Å². The lowest BCUT2D eigenvalue weighted by molar-refractivity contribution is -0.134. The SMILES string of the molecule is CCN(Cc1ccccc1)C(=O)COC(=O)c1cnn(Cc2ccccc2Cl)c1. The third-order valence-corrected chi connectivity index (χ3v) is 4.81. The molecular formula is C22H22ClN3O3. The number of carbonyl (C=O) groups is 2. The number of rotatable bonds is 8. The van der Waals surface area contributed by atoms with Gasteiger partial charge in [0.25, 0.3) is 5.91 Å². The molecule has 0 unspecified atom stereocenters. The minimum Gasteiger partial charge on any atom is -0.452 e. The molecule has 3 rings (SSSR count). The molecule has 0 N–H and O–H groups in total. The van der Waals surface area contributed by atoms with Crippen molar-refractivity contribution in [2.24, 2.45) is 0 Å². The van der Waals surface area contributed by atoms with E-state index < -0.39 is 5.97 Å². The van der Waals surface area contributed by atoms with E-state index in [-0.39, 0.29) is 18.1 Å². The highest BCUT2D eigenvalue weighted by molar-refractivity contribution is 6.31. The van der Waals surface area contributed by atoms with Gasteiger partial charge in [-0.05, 0) is 24.1 Å². The van der Waals surface area contributed by atoms with Crippen LogP contribution in [0.25, 0.3) is 0 Å². The van der Waals surface area contributed by atoms with E-state index in [0.717, 1.165) is 11.1 Å². The van der Waals surface area contributed by atoms with Crippen LogP contribution in [0.3, 0.4) is 0 Å². The summed E-state index contributed by atoms with van der Waals surface area (Å²) in [4.78, 5) is 26.3. The Balaban J connectivity index is 1.54. The maximum Gasteiger partial charge on any atom is 0.341 e. The van der Waals surface area contributed by atoms with Crippen molar-refractivity contribution in [3.8, 4) is 0 Å². The number of nitrogens with zero attached hydrogens (tertiary/aromatic N) is 3. The Morgan fingerprint density at radius 2 is 1.83 bits per heavy atom. The highest BCUT2D eigenvalue weighted by atomic mass is 35.5. The van der Waals surface area contributed by atoms with Crippen LogP contribution in [0.15, 0.2) is 67.0 Å². The van der Waals surface area contributed by atoms with Crippen molar-refractivity contribution in [1.29, 1.82) is 0 Å². The molecule has 6 nitrogen and oxygen atoms in total. The topological polar surface area (TPSA) is 64.4 Å². The van der Waals surface area contributed by atoms with Crippen molar-refractivity contribution in [3.05, 3.63) is 88.7 Å². The first-order valence-electron chi connectivity index (χ1n) is 9.31. The molecule has 0 fully saturated rings. The molecule has 0 saturated heterocycles. The minimum atomic E-state index is -0.584. The molecule has 0 saturated carbocycles. The van der Waals surface area contributed by atoms with Gasteiger partial charge in [-0.2, -0.15) is 5.10 Å². The lowest BCUT2D eigenvalue weighted by atomic mass is 10.2. The van der Waals surface area contributed by atoms with E-state index in [1.165, 1.54) is 6.20 Å². The summed E-state index contributed by atoms with van der Waals surface area (Å²) >= 11 is 6.15. The van der Waals surface area contributed by atoms with Crippen LogP contribution in [0.4, 0.5) is 0 Å². The van der Waals surface area contributed by atoms with Crippen LogP contribution >= 0.6 is 11.6 Å². The number of likely N-dealkylation sites (N-methyl/N-ethyl adjacent to an activating group) is 1. The van der Waals surface area contributed by atoms with E-state index in [2.05, 4.69) is 5.10 Å². The molecule has 150 valence electrons. The van der Waals surface area contributed by atoms with E-state index in [9.17, 15) is 9.59 Å². The Morgan fingerprint density at radius 3 is 2.55 bits per heavy atom. The average molecular weight is 412 g/mol. The zero-order valence-corrected chi connectivity index (χ0v) is 16.9. The van der Waals surface area contributed by atoms with Crippen LogP contribution in [0, 0.1) is 0 Å². The fraction of sp³-hybridized carbons (Fsp3) is 0.227. The van der Waals surface area contributed by atoms with Gasteiger partial charge in [-0.15, -0.1) is 0 Å². The molecule has 0 bridgehead atoms. The van der Waals surface area contributed by atoms with Crippen molar-refractivity contribution >= 4 is 23.5 Å². The smallest absolute Gasteiger partial charge is 0.341 e. The molecule has 1 aromatic heterocycles. The van der Waals surface area contributed by atoms with Gasteiger partial charge in [-0.25, -0.2) is 4.79 Å². The normalized spacial score (nSPS) is 10.6. The lowest BCUT2D eigenvalue weighted by Gasteiger charge is -2.20. The maximum atomic E-state index is 12.4. The number of benzene rings is 2. The Morgan fingerprint density at radius 1 is 1.10 bits per heavy atom. The first-order chi connectivity index (χ1) is 14.1. The molecule has 0 radical (unpaired) electrons. The second kappa shape index (κ2) is 9.89. The van der Waals surface area contributed by atoms with Gasteiger partial charge in [-0.1, -0.05) is 60.1 Å². The summed E-state index contributed by atoms with van der Waals surface area (Å²) in [6.45, 7) is 3.02. The van der Waals surface area contributed by atoms with Gasteiger partial charge in [0.05, 0.1) is 18.3 Å². The van der Waals surface area contributed by atoms with Crippen molar-refractivity contribution < 1.29 is 14.3 Å². The van der Waals surface area contributed by atoms with Gasteiger partial charge in [0.15, 0.2) is 6.61 Å². The molecule has 0 spiro atoms. The highest BCUT2D eigenvalue weighted by Crippen LogP contribution is 2.16. The molecule has 0 atom stereocenters. The first kappa shape index (κ1) is 20.6. The minimum absolute atomic E-state index is 0.242. The van der Waals surface area contributed by atoms with E-state index in [1.807, 2.05) is 55.5 Å². The lowest BCUT2D eigenvalue weighted by Crippen LogP contribution is -2.34. The first-order valence-corrected chi connectivity index (χ1v) is 9.69. The third-order valence-electron chi connectivity index (χ3n) is 4.44. The van der Waals surface area contributed by atoms with Crippen LogP contribution in [-0.2, 0) is 22.6 Å². The predicted octanol–water partition coefficient (Wildman–Crippen LogP) is 3.79. The van der Waals surface area contributed by atoms with Crippen molar-refractivity contribution in [2.75, 3.05) is 13.2 Å². The second-order valence-electron chi connectivity index (χ2n) is 6.49. The average Bonchev–Trinajstić information content (AvgIpc) is 3.21. The highest BCUT2D eigenvalue weighted by Gasteiger charge is 2.17. The van der Waals surface area contributed by atoms with E-state index in [0.29, 0.717) is 24.7 Å². The Kier molecular flexibility index (Phi) is 7.03. The Hall–Kier alpha value is -3.12. The van der Waals surface area contributed by atoms with E-state index in [4.69, 9.17) is 16.3 Å². The summed E-state index contributed by atoms with van der Waals surface area (Å²) in [5, 5.41) is 4.80. The standard InChI is InChI=1S/C22H22ClN3O3/c1-2-25(13-17-8-4-3-5-9-17)21(27)16-29-22(28)19-12-24-26(15-19)14-18-10-6-7-11-20(18)23/h3-12,15H,2,13-14,16H2,1H3. The fourth-order valence-electron chi connectivity index (χ4n) is 2.84. The summed E-state index contributed by atoms with van der Waals surface area (Å²) in [6.07, 6.45) is 3.00. The molecule has 7 heteroatoms. The number of carbonyl (C=O) groups excluding carboxylic acids is 2. The molecule has 0 aliphatic heterocycles. The number of hydrogen-bond donors (Lipinski definition) is 0. The number of esters is 1. The van der Waals surface area contributed by atoms with Gasteiger partial charge in [-0.3, -0.25) is 9.48 Å². The largest absolute Gasteiger partial charge is 0.452 e.